The number of hydrogen-bond acceptors (Lipinski definition) is 14. The average Bonchev–Trinajstić information content (AvgIpc) is 3.44. The highest BCUT2D eigenvalue weighted by Crippen LogP contribution is 2.71. The summed E-state index contributed by atoms with van der Waals surface area (Å²) in [6, 6.07) is 3.66. The van der Waals surface area contributed by atoms with Crippen LogP contribution in [-0.2, 0) is 50.7 Å². The molecule has 3 aliphatic rings. The van der Waals surface area contributed by atoms with Crippen LogP contribution in [0.3, 0.4) is 0 Å². The van der Waals surface area contributed by atoms with Gasteiger partial charge in [-0.05, 0) is 49.6 Å². The number of allylic oxidation sites excluding steroid dienone is 4. The van der Waals surface area contributed by atoms with Crippen LogP contribution in [0.25, 0.3) is 0 Å². The third-order valence-electron chi connectivity index (χ3n) is 7.47. The summed E-state index contributed by atoms with van der Waals surface area (Å²) in [6.07, 6.45) is 1.08. The maximum absolute atomic E-state index is 12.7. The fourth-order valence-electron chi connectivity index (χ4n) is 5.29. The number of aromatic nitrogens is 2. The maximum atomic E-state index is 12.7. The van der Waals surface area contributed by atoms with E-state index >= 15 is 0 Å². The van der Waals surface area contributed by atoms with E-state index in [9.17, 15) is 52.2 Å². The Labute approximate surface area is 296 Å². The molecule has 1 fully saturated rings. The SMILES string of the molecule is Cc1cn([C@H]2CC[C@@H](COP(=O)(O)OP(=O)(O)OP(=O)(O)OP(=O)(O)Oc3ccc4c(c3)C(C)(C)C3=C(Cl)C(=O)C(Cl)=CC3=N4)O2)c(=O)[nH]c1=O. The summed E-state index contributed by atoms with van der Waals surface area (Å²) >= 11 is 12.2. The van der Waals surface area contributed by atoms with Gasteiger partial charge in [0.25, 0.3) is 5.56 Å². The number of hydrogen-bond donors (Lipinski definition) is 5. The van der Waals surface area contributed by atoms with E-state index in [1.165, 1.54) is 31.3 Å². The average molecular weight is 836 g/mol. The van der Waals surface area contributed by atoms with Crippen LogP contribution in [0.4, 0.5) is 5.69 Å². The lowest BCUT2D eigenvalue weighted by Gasteiger charge is -2.36. The van der Waals surface area contributed by atoms with E-state index in [1.54, 1.807) is 13.8 Å². The number of benzene rings is 1. The van der Waals surface area contributed by atoms with Gasteiger partial charge < -0.3 is 23.9 Å². The molecule has 278 valence electrons. The molecule has 26 heteroatoms. The first-order valence-electron chi connectivity index (χ1n) is 14.2. The van der Waals surface area contributed by atoms with Gasteiger partial charge in [-0.25, -0.2) is 28.0 Å². The predicted molar refractivity (Wildman–Crippen MR) is 177 cm³/mol. The molecule has 2 aliphatic heterocycles. The van der Waals surface area contributed by atoms with Crippen molar-refractivity contribution in [3.8, 4) is 5.75 Å². The minimum absolute atomic E-state index is 0.154. The number of fused-ring (bicyclic) bond motifs is 2. The zero-order chi connectivity index (χ0) is 37.9. The number of rotatable bonds is 12. The Balaban J connectivity index is 1.20. The molecule has 2 aromatic rings. The van der Waals surface area contributed by atoms with Crippen molar-refractivity contribution >= 4 is 71.7 Å². The highest BCUT2D eigenvalue weighted by atomic mass is 35.5. The number of carbonyl (C=O) groups excluding carboxylic acids is 1. The molecule has 5 N–H and O–H groups in total. The van der Waals surface area contributed by atoms with Crippen LogP contribution in [0.5, 0.6) is 5.75 Å². The van der Waals surface area contributed by atoms with E-state index in [0.29, 0.717) is 22.5 Å². The molecular weight excluding hydrogens is 809 g/mol. The first-order chi connectivity index (χ1) is 23.4. The Kier molecular flexibility index (Phi) is 11.1. The summed E-state index contributed by atoms with van der Waals surface area (Å²) in [4.78, 5) is 82.6. The third-order valence-corrected chi connectivity index (χ3v) is 14.0. The van der Waals surface area contributed by atoms with Gasteiger partial charge in [-0.15, -0.1) is 0 Å². The van der Waals surface area contributed by atoms with Gasteiger partial charge in [0.05, 0.1) is 34.2 Å². The lowest BCUT2D eigenvalue weighted by Crippen LogP contribution is -2.33. The van der Waals surface area contributed by atoms with Crippen LogP contribution in [0, 0.1) is 6.92 Å². The molecule has 0 saturated carbocycles. The lowest BCUT2D eigenvalue weighted by molar-refractivity contribution is -0.111. The largest absolute Gasteiger partial charge is 0.536 e. The number of phosphoric ester groups is 2. The summed E-state index contributed by atoms with van der Waals surface area (Å²) < 4.78 is 77.9. The number of ether oxygens (including phenoxy) is 1. The Morgan fingerprint density at radius 1 is 0.980 bits per heavy atom. The van der Waals surface area contributed by atoms with E-state index in [4.69, 9.17) is 32.5 Å². The van der Waals surface area contributed by atoms with Crippen molar-refractivity contribution in [1.29, 1.82) is 0 Å². The van der Waals surface area contributed by atoms with E-state index in [0.717, 1.165) is 10.6 Å². The molecule has 6 atom stereocenters. The second-order valence-corrected chi connectivity index (χ2v) is 18.5. The van der Waals surface area contributed by atoms with E-state index in [1.807, 2.05) is 0 Å². The van der Waals surface area contributed by atoms with Gasteiger partial charge in [-0.2, -0.15) is 12.9 Å². The van der Waals surface area contributed by atoms with Gasteiger partial charge in [-0.3, -0.25) is 28.6 Å². The van der Waals surface area contributed by atoms with Crippen LogP contribution >= 0.6 is 54.5 Å². The quantitative estimate of drug-likeness (QED) is 0.144. The Hall–Kier alpha value is -2.34. The number of halogens is 2. The van der Waals surface area contributed by atoms with Gasteiger partial charge in [0.2, 0.25) is 5.78 Å². The Bertz CT molecular complexity index is 2230. The molecule has 0 spiro atoms. The molecule has 3 heterocycles. The molecule has 1 aromatic carbocycles. The van der Waals surface area contributed by atoms with Crippen molar-refractivity contribution in [3.63, 3.8) is 0 Å². The molecule has 1 aliphatic carbocycles. The molecule has 0 radical (unpaired) electrons. The topological polar surface area (TPSA) is 289 Å². The summed E-state index contributed by atoms with van der Waals surface area (Å²) in [5.41, 5.74) is -0.981. The number of nitrogens with zero attached hydrogens (tertiary/aromatic N) is 2. The van der Waals surface area contributed by atoms with Crippen molar-refractivity contribution < 1.29 is 69.3 Å². The standard InChI is InChI=1S/C25H27Cl2N3O17P4/c1-12-10-30(24(33)29-23(12)32)19-7-5-14(43-19)11-42-48(34,35)45-50(38,39)47-51(40,41)46-49(36,37)44-13-4-6-17-15(8-13)25(2,3)20-18(28-17)9-16(26)22(31)21(20)27/h4,6,8-10,14,19H,5,7,11H2,1-3H3,(H,34,35)(H,36,37)(H,38,39)(H,40,41)(H,29,32,33)/t14-,19+/m0/s1. The van der Waals surface area contributed by atoms with Gasteiger partial charge in [0.15, 0.2) is 0 Å². The molecule has 0 bridgehead atoms. The third kappa shape index (κ3) is 9.07. The number of nitrogens with one attached hydrogen (secondary N) is 1. The molecule has 0 amide bonds. The van der Waals surface area contributed by atoms with Crippen LogP contribution < -0.4 is 15.8 Å². The molecule has 4 unspecified atom stereocenters. The van der Waals surface area contributed by atoms with Crippen molar-refractivity contribution in [1.82, 2.24) is 9.55 Å². The van der Waals surface area contributed by atoms with Crippen LogP contribution in [0.15, 0.2) is 60.7 Å². The second-order valence-electron chi connectivity index (χ2n) is 11.6. The number of Topliss-reactive ketones (excluding diaryl/α,β-unsaturated/α-hetero) is 1. The monoisotopic (exact) mass is 835 g/mol. The van der Waals surface area contributed by atoms with Crippen molar-refractivity contribution in [3.05, 3.63) is 78.1 Å². The maximum Gasteiger partial charge on any atom is 0.536 e. The number of carbonyl (C=O) groups is 1. The van der Waals surface area contributed by atoms with Crippen molar-refractivity contribution in [2.24, 2.45) is 4.99 Å². The normalized spacial score (nSPS) is 24.6. The highest BCUT2D eigenvalue weighted by Gasteiger charge is 2.47. The van der Waals surface area contributed by atoms with E-state index in [2.05, 4.69) is 27.4 Å². The van der Waals surface area contributed by atoms with Gasteiger partial charge >= 0.3 is 37.0 Å². The first-order valence-corrected chi connectivity index (χ1v) is 20.9. The summed E-state index contributed by atoms with van der Waals surface area (Å²) in [7, 11) is -23.4. The number of H-pyrrole nitrogens is 1. The van der Waals surface area contributed by atoms with Gasteiger partial charge in [0, 0.05) is 22.7 Å². The molecule has 51 heavy (non-hydrogen) atoms. The molecular formula is C25H27Cl2N3O17P4. The van der Waals surface area contributed by atoms with Crippen LogP contribution in [-0.4, -0.2) is 53.3 Å². The molecule has 1 saturated heterocycles. The van der Waals surface area contributed by atoms with E-state index < -0.39 is 78.4 Å². The zero-order valence-electron chi connectivity index (χ0n) is 26.2. The van der Waals surface area contributed by atoms with Crippen molar-refractivity contribution in [2.75, 3.05) is 6.61 Å². The Morgan fingerprint density at radius 2 is 1.61 bits per heavy atom. The van der Waals surface area contributed by atoms with Gasteiger partial charge in [-0.1, -0.05) is 37.0 Å². The lowest BCUT2D eigenvalue weighted by atomic mass is 9.71. The first kappa shape index (κ1) is 39.9. The highest BCUT2D eigenvalue weighted by molar-refractivity contribution is 7.69. The molecule has 5 rings (SSSR count). The smallest absolute Gasteiger partial charge is 0.404 e. The number of phosphoric acid groups is 4. The fraction of sp³-hybridized carbons (Fsp3) is 0.360. The minimum atomic E-state index is -6.09. The summed E-state index contributed by atoms with van der Waals surface area (Å²) in [5.74, 6) is -1.08. The van der Waals surface area contributed by atoms with Crippen molar-refractivity contribution in [2.45, 2.75) is 51.4 Å². The second kappa shape index (κ2) is 14.1. The number of ketones is 1. The zero-order valence-corrected chi connectivity index (χ0v) is 31.3. The summed E-state index contributed by atoms with van der Waals surface area (Å²) in [6.45, 7) is 4.02. The van der Waals surface area contributed by atoms with E-state index in [-0.39, 0.29) is 28.5 Å². The van der Waals surface area contributed by atoms with Crippen LogP contribution in [0.1, 0.15) is 44.0 Å². The molecule has 20 nitrogen and oxygen atoms in total. The minimum Gasteiger partial charge on any atom is -0.404 e. The van der Waals surface area contributed by atoms with Gasteiger partial charge in [0.1, 0.15) is 12.0 Å². The van der Waals surface area contributed by atoms with Crippen LogP contribution in [0.2, 0.25) is 0 Å². The number of aliphatic imine (C=N–C) groups is 1. The predicted octanol–water partition coefficient (Wildman–Crippen LogP) is 4.63. The number of aryl methyl sites for hydroxylation is 1. The Morgan fingerprint density at radius 3 is 2.27 bits per heavy atom. The fourth-order valence-corrected chi connectivity index (χ4v) is 10.9. The number of aromatic amines is 1. The molecule has 1 aromatic heterocycles. The summed E-state index contributed by atoms with van der Waals surface area (Å²) in [5, 5.41) is -0.364.